The molecular formula is C15H15FN2O2. The van der Waals surface area contributed by atoms with E-state index in [4.69, 9.17) is 5.11 Å². The minimum absolute atomic E-state index is 0.185. The van der Waals surface area contributed by atoms with Gasteiger partial charge in [-0.1, -0.05) is 12.1 Å². The highest BCUT2D eigenvalue weighted by Crippen LogP contribution is 2.17. The number of rotatable bonds is 4. The Kier molecular flexibility index (Phi) is 4.42. The number of pyridine rings is 1. The van der Waals surface area contributed by atoms with Gasteiger partial charge in [0.25, 0.3) is 5.91 Å². The Hall–Kier alpha value is -2.27. The first-order chi connectivity index (χ1) is 9.56. The Balaban J connectivity index is 2.12. The molecular weight excluding hydrogens is 259 g/mol. The van der Waals surface area contributed by atoms with Gasteiger partial charge in [0, 0.05) is 18.3 Å². The van der Waals surface area contributed by atoms with E-state index in [0.29, 0.717) is 16.8 Å². The lowest BCUT2D eigenvalue weighted by atomic mass is 10.1. The Labute approximate surface area is 116 Å². The first kappa shape index (κ1) is 14.1. The van der Waals surface area contributed by atoms with E-state index in [-0.39, 0.29) is 18.3 Å². The molecule has 0 fully saturated rings. The van der Waals surface area contributed by atoms with Crippen LogP contribution >= 0.6 is 0 Å². The molecule has 4 nitrogen and oxygen atoms in total. The maximum atomic E-state index is 13.1. The minimum atomic E-state index is -0.599. The number of carbonyl (C=O) groups is 1. The fraction of sp³-hybridized carbons (Fsp3) is 0.200. The molecule has 104 valence electrons. The zero-order chi connectivity index (χ0) is 14.5. The Morgan fingerprint density at radius 3 is 2.80 bits per heavy atom. The van der Waals surface area contributed by atoms with Gasteiger partial charge >= 0.3 is 0 Å². The van der Waals surface area contributed by atoms with Crippen molar-refractivity contribution in [1.82, 2.24) is 10.3 Å². The Morgan fingerprint density at radius 1 is 1.40 bits per heavy atom. The maximum Gasteiger partial charge on any atom is 0.252 e. The van der Waals surface area contributed by atoms with Crippen molar-refractivity contribution in [3.05, 3.63) is 54.0 Å². The van der Waals surface area contributed by atoms with Crippen LogP contribution in [0.4, 0.5) is 4.39 Å². The summed E-state index contributed by atoms with van der Waals surface area (Å²) < 4.78 is 13.1. The number of nitrogens with one attached hydrogen (secondary N) is 1. The molecule has 1 aromatic heterocycles. The maximum absolute atomic E-state index is 13.1. The third-order valence-electron chi connectivity index (χ3n) is 2.70. The molecule has 0 radical (unpaired) electrons. The second-order valence-electron chi connectivity index (χ2n) is 4.50. The molecule has 1 aromatic carbocycles. The number of amides is 1. The molecule has 1 heterocycles. The molecule has 1 amide bonds. The average molecular weight is 274 g/mol. The number of nitrogens with zero attached hydrogens (tertiary/aromatic N) is 1. The van der Waals surface area contributed by atoms with Crippen molar-refractivity contribution in [2.24, 2.45) is 0 Å². The van der Waals surface area contributed by atoms with Crippen molar-refractivity contribution in [3.63, 3.8) is 0 Å². The quantitative estimate of drug-likeness (QED) is 0.896. The predicted octanol–water partition coefficient (Wildman–Crippen LogP) is 2.00. The third kappa shape index (κ3) is 3.61. The fourth-order valence-electron chi connectivity index (χ4n) is 1.69. The zero-order valence-electron chi connectivity index (χ0n) is 11.0. The van der Waals surface area contributed by atoms with Gasteiger partial charge in [-0.2, -0.15) is 0 Å². The Morgan fingerprint density at radius 2 is 2.20 bits per heavy atom. The summed E-state index contributed by atoms with van der Waals surface area (Å²) in [7, 11) is 0. The van der Waals surface area contributed by atoms with E-state index in [2.05, 4.69) is 10.3 Å². The van der Waals surface area contributed by atoms with Gasteiger partial charge in [-0.25, -0.2) is 4.39 Å². The summed E-state index contributed by atoms with van der Waals surface area (Å²) in [5, 5.41) is 11.7. The van der Waals surface area contributed by atoms with Gasteiger partial charge in [-0.15, -0.1) is 0 Å². The SMILES string of the molecule is CC(O)CNC(=O)c1ccc(-c2cccc(F)c2)nc1. The van der Waals surface area contributed by atoms with E-state index < -0.39 is 6.10 Å². The van der Waals surface area contributed by atoms with Crippen molar-refractivity contribution in [1.29, 1.82) is 0 Å². The van der Waals surface area contributed by atoms with E-state index in [9.17, 15) is 9.18 Å². The number of aliphatic hydroxyl groups excluding tert-OH is 1. The summed E-state index contributed by atoms with van der Waals surface area (Å²) in [4.78, 5) is 15.9. The molecule has 0 saturated carbocycles. The normalized spacial score (nSPS) is 11.9. The summed E-state index contributed by atoms with van der Waals surface area (Å²) in [6, 6.07) is 9.38. The van der Waals surface area contributed by atoms with Gasteiger partial charge in [-0.05, 0) is 31.2 Å². The first-order valence-electron chi connectivity index (χ1n) is 6.24. The van der Waals surface area contributed by atoms with Gasteiger partial charge in [0.05, 0.1) is 17.4 Å². The van der Waals surface area contributed by atoms with Crippen LogP contribution in [0.5, 0.6) is 0 Å². The van der Waals surface area contributed by atoms with Crippen LogP contribution in [0.2, 0.25) is 0 Å². The molecule has 0 bridgehead atoms. The molecule has 2 aromatic rings. The average Bonchev–Trinajstić information content (AvgIpc) is 2.45. The molecule has 5 heteroatoms. The molecule has 2 rings (SSSR count). The predicted molar refractivity (Wildman–Crippen MR) is 73.6 cm³/mol. The number of hydrogen-bond acceptors (Lipinski definition) is 3. The summed E-state index contributed by atoms with van der Waals surface area (Å²) in [6.07, 6.45) is 0.830. The first-order valence-corrected chi connectivity index (χ1v) is 6.24. The molecule has 0 aliphatic rings. The second-order valence-corrected chi connectivity index (χ2v) is 4.50. The summed E-state index contributed by atoms with van der Waals surface area (Å²) in [5.74, 6) is -0.632. The van der Waals surface area contributed by atoms with Gasteiger partial charge < -0.3 is 10.4 Å². The van der Waals surface area contributed by atoms with E-state index in [1.165, 1.54) is 18.3 Å². The van der Waals surface area contributed by atoms with Crippen LogP contribution in [-0.4, -0.2) is 28.6 Å². The number of benzene rings is 1. The van der Waals surface area contributed by atoms with Crippen LogP contribution in [0.15, 0.2) is 42.6 Å². The standard InChI is InChI=1S/C15H15FN2O2/c1-10(19)8-18-15(20)12-5-6-14(17-9-12)11-3-2-4-13(16)7-11/h2-7,9-10,19H,8H2,1H3,(H,18,20). The van der Waals surface area contributed by atoms with Crippen LogP contribution in [0, 0.1) is 5.82 Å². The van der Waals surface area contributed by atoms with E-state index in [1.54, 1.807) is 31.2 Å². The number of hydrogen-bond donors (Lipinski definition) is 2. The molecule has 1 atom stereocenters. The lowest BCUT2D eigenvalue weighted by Crippen LogP contribution is -2.30. The molecule has 0 aliphatic carbocycles. The lowest BCUT2D eigenvalue weighted by Gasteiger charge is -2.07. The smallest absolute Gasteiger partial charge is 0.252 e. The number of aliphatic hydroxyl groups is 1. The van der Waals surface area contributed by atoms with Crippen molar-refractivity contribution < 1.29 is 14.3 Å². The van der Waals surface area contributed by atoms with Crippen LogP contribution in [0.1, 0.15) is 17.3 Å². The van der Waals surface area contributed by atoms with Gasteiger partial charge in [-0.3, -0.25) is 9.78 Å². The molecule has 2 N–H and O–H groups in total. The van der Waals surface area contributed by atoms with E-state index in [0.717, 1.165) is 0 Å². The van der Waals surface area contributed by atoms with Crippen LogP contribution < -0.4 is 5.32 Å². The van der Waals surface area contributed by atoms with Crippen LogP contribution in [0.3, 0.4) is 0 Å². The van der Waals surface area contributed by atoms with E-state index >= 15 is 0 Å². The van der Waals surface area contributed by atoms with Crippen LogP contribution in [0.25, 0.3) is 11.3 Å². The number of halogens is 1. The number of aromatic nitrogens is 1. The third-order valence-corrected chi connectivity index (χ3v) is 2.70. The monoisotopic (exact) mass is 274 g/mol. The van der Waals surface area contributed by atoms with Gasteiger partial charge in [0.15, 0.2) is 0 Å². The topological polar surface area (TPSA) is 62.2 Å². The van der Waals surface area contributed by atoms with Crippen molar-refractivity contribution in [2.45, 2.75) is 13.0 Å². The van der Waals surface area contributed by atoms with Gasteiger partial charge in [0.1, 0.15) is 5.82 Å². The van der Waals surface area contributed by atoms with Crippen molar-refractivity contribution in [2.75, 3.05) is 6.54 Å². The highest BCUT2D eigenvalue weighted by atomic mass is 19.1. The largest absolute Gasteiger partial charge is 0.392 e. The zero-order valence-corrected chi connectivity index (χ0v) is 11.0. The molecule has 0 saturated heterocycles. The summed E-state index contributed by atoms with van der Waals surface area (Å²) in [5.41, 5.74) is 1.64. The molecule has 1 unspecified atom stereocenters. The van der Waals surface area contributed by atoms with E-state index in [1.807, 2.05) is 0 Å². The highest BCUT2D eigenvalue weighted by Gasteiger charge is 2.08. The number of carbonyl (C=O) groups excluding carboxylic acids is 1. The lowest BCUT2D eigenvalue weighted by molar-refractivity contribution is 0.0923. The van der Waals surface area contributed by atoms with Crippen LogP contribution in [-0.2, 0) is 0 Å². The highest BCUT2D eigenvalue weighted by molar-refractivity contribution is 5.94. The Bertz CT molecular complexity index is 597. The molecule has 0 spiro atoms. The summed E-state index contributed by atoms with van der Waals surface area (Å²) in [6.45, 7) is 1.77. The fourth-order valence-corrected chi connectivity index (χ4v) is 1.69. The van der Waals surface area contributed by atoms with Crippen molar-refractivity contribution in [3.8, 4) is 11.3 Å². The molecule has 0 aliphatic heterocycles. The molecule has 20 heavy (non-hydrogen) atoms. The van der Waals surface area contributed by atoms with Crippen molar-refractivity contribution >= 4 is 5.91 Å². The van der Waals surface area contributed by atoms with Gasteiger partial charge in [0.2, 0.25) is 0 Å². The summed E-state index contributed by atoms with van der Waals surface area (Å²) >= 11 is 0. The minimum Gasteiger partial charge on any atom is -0.392 e. The second kappa shape index (κ2) is 6.25.